The molecule has 0 saturated heterocycles. The van der Waals surface area contributed by atoms with Gasteiger partial charge in [-0.1, -0.05) is 193 Å². The van der Waals surface area contributed by atoms with Gasteiger partial charge in [0, 0.05) is 19.3 Å². The van der Waals surface area contributed by atoms with Gasteiger partial charge in [0.25, 0.3) is 0 Å². The topological polar surface area (TPSA) is 78.9 Å². The first kappa shape index (κ1) is 50.9. The summed E-state index contributed by atoms with van der Waals surface area (Å²) < 4.78 is 16.7. The standard InChI is InChI=1S/C47H86O6/c1-4-7-10-13-16-19-22-23-24-25-26-29-31-34-37-40-46(49)52-43-44(53-47(50)41-38-35-32-28-21-18-15-12-9-6-3)42-51-45(48)39-36-33-30-27-20-17-14-11-8-5-2/h16,19,23-24,44H,4-15,17-18,20-22,25-43H2,1-3H3/b19-16-,24-23-. The average molecular weight is 747 g/mol. The number of carbonyl (C=O) groups is 3. The molecule has 6 nitrogen and oxygen atoms in total. The summed E-state index contributed by atoms with van der Waals surface area (Å²) in [7, 11) is 0. The normalized spacial score (nSPS) is 12.1. The van der Waals surface area contributed by atoms with Crippen LogP contribution in [0.4, 0.5) is 0 Å². The van der Waals surface area contributed by atoms with Crippen molar-refractivity contribution in [3.63, 3.8) is 0 Å². The molecule has 0 fully saturated rings. The molecule has 0 aromatic carbocycles. The summed E-state index contributed by atoms with van der Waals surface area (Å²) in [6.45, 7) is 6.58. The van der Waals surface area contributed by atoms with Crippen molar-refractivity contribution >= 4 is 17.9 Å². The van der Waals surface area contributed by atoms with Crippen LogP contribution in [0.1, 0.15) is 239 Å². The smallest absolute Gasteiger partial charge is 0.306 e. The largest absolute Gasteiger partial charge is 0.462 e. The van der Waals surface area contributed by atoms with Crippen LogP contribution in [0.2, 0.25) is 0 Å². The molecule has 53 heavy (non-hydrogen) atoms. The van der Waals surface area contributed by atoms with Crippen LogP contribution in [0, 0.1) is 0 Å². The zero-order chi connectivity index (χ0) is 38.7. The van der Waals surface area contributed by atoms with E-state index in [9.17, 15) is 14.4 Å². The van der Waals surface area contributed by atoms with Crippen LogP contribution in [0.15, 0.2) is 24.3 Å². The molecule has 0 aromatic rings. The Hall–Kier alpha value is -2.11. The maximum absolute atomic E-state index is 12.7. The fourth-order valence-electron chi connectivity index (χ4n) is 6.47. The second-order valence-corrected chi connectivity index (χ2v) is 15.3. The Morgan fingerprint density at radius 2 is 0.679 bits per heavy atom. The molecule has 1 unspecified atom stereocenters. The molecule has 0 aromatic heterocycles. The molecule has 0 aliphatic carbocycles. The van der Waals surface area contributed by atoms with Gasteiger partial charge < -0.3 is 14.2 Å². The highest BCUT2D eigenvalue weighted by Gasteiger charge is 2.19. The van der Waals surface area contributed by atoms with E-state index in [0.29, 0.717) is 19.3 Å². The van der Waals surface area contributed by atoms with E-state index in [1.807, 2.05) is 0 Å². The SMILES string of the molecule is CCCCC/C=C\C/C=C\CCCCCCCC(=O)OCC(COC(=O)CCCCCCCCCCCC)OC(=O)CCCCCCCCCCCC. The van der Waals surface area contributed by atoms with E-state index in [-0.39, 0.29) is 31.1 Å². The Balaban J connectivity index is 4.34. The van der Waals surface area contributed by atoms with E-state index in [0.717, 1.165) is 77.0 Å². The number of hydrogen-bond acceptors (Lipinski definition) is 6. The Bertz CT molecular complexity index is 865. The van der Waals surface area contributed by atoms with Crippen molar-refractivity contribution in [1.29, 1.82) is 0 Å². The molecule has 6 heteroatoms. The number of hydrogen-bond donors (Lipinski definition) is 0. The molecule has 0 spiro atoms. The molecule has 0 bridgehead atoms. The first-order valence-electron chi connectivity index (χ1n) is 22.8. The summed E-state index contributed by atoms with van der Waals surface area (Å²) in [4.78, 5) is 37.6. The van der Waals surface area contributed by atoms with Crippen molar-refractivity contribution in [1.82, 2.24) is 0 Å². The van der Waals surface area contributed by atoms with Gasteiger partial charge >= 0.3 is 17.9 Å². The predicted octanol–water partition coefficient (Wildman–Crippen LogP) is 14.4. The number of allylic oxidation sites excluding steroid dienone is 4. The van der Waals surface area contributed by atoms with Gasteiger partial charge in [-0.25, -0.2) is 0 Å². The fourth-order valence-corrected chi connectivity index (χ4v) is 6.47. The van der Waals surface area contributed by atoms with Crippen molar-refractivity contribution in [3.8, 4) is 0 Å². The summed E-state index contributed by atoms with van der Waals surface area (Å²) >= 11 is 0. The minimum absolute atomic E-state index is 0.0721. The van der Waals surface area contributed by atoms with Crippen molar-refractivity contribution in [2.24, 2.45) is 0 Å². The Morgan fingerprint density at radius 3 is 1.08 bits per heavy atom. The van der Waals surface area contributed by atoms with Gasteiger partial charge in [-0.2, -0.15) is 0 Å². The number of esters is 3. The lowest BCUT2D eigenvalue weighted by molar-refractivity contribution is -0.167. The van der Waals surface area contributed by atoms with Gasteiger partial charge in [0.15, 0.2) is 6.10 Å². The zero-order valence-electron chi connectivity index (χ0n) is 35.3. The van der Waals surface area contributed by atoms with E-state index in [1.54, 1.807) is 0 Å². The maximum atomic E-state index is 12.7. The second-order valence-electron chi connectivity index (χ2n) is 15.3. The number of rotatable bonds is 41. The number of ether oxygens (including phenoxy) is 3. The molecule has 0 amide bonds. The highest BCUT2D eigenvalue weighted by atomic mass is 16.6. The minimum atomic E-state index is -0.768. The molecular weight excluding hydrogens is 661 g/mol. The lowest BCUT2D eigenvalue weighted by Gasteiger charge is -2.18. The zero-order valence-corrected chi connectivity index (χ0v) is 35.3. The highest BCUT2D eigenvalue weighted by molar-refractivity contribution is 5.71. The average Bonchev–Trinajstić information content (AvgIpc) is 3.15. The summed E-state index contributed by atoms with van der Waals surface area (Å²) in [5.74, 6) is -0.884. The van der Waals surface area contributed by atoms with Crippen LogP contribution < -0.4 is 0 Å². The molecule has 0 saturated carbocycles. The number of unbranched alkanes of at least 4 members (excludes halogenated alkanes) is 26. The van der Waals surface area contributed by atoms with Gasteiger partial charge in [-0.3, -0.25) is 14.4 Å². The third-order valence-corrected chi connectivity index (χ3v) is 9.96. The van der Waals surface area contributed by atoms with Crippen LogP contribution in [0.5, 0.6) is 0 Å². The molecule has 0 aliphatic heterocycles. The lowest BCUT2D eigenvalue weighted by Crippen LogP contribution is -2.30. The second kappa shape index (κ2) is 42.6. The predicted molar refractivity (Wildman–Crippen MR) is 224 cm³/mol. The van der Waals surface area contributed by atoms with Gasteiger partial charge in [0.05, 0.1) is 0 Å². The molecule has 0 heterocycles. The highest BCUT2D eigenvalue weighted by Crippen LogP contribution is 2.14. The third kappa shape index (κ3) is 40.9. The first-order valence-corrected chi connectivity index (χ1v) is 22.8. The third-order valence-electron chi connectivity index (χ3n) is 9.96. The van der Waals surface area contributed by atoms with Crippen LogP contribution in [0.25, 0.3) is 0 Å². The molecule has 0 aliphatic rings. The molecule has 0 radical (unpaired) electrons. The molecule has 310 valence electrons. The number of carbonyl (C=O) groups excluding carboxylic acids is 3. The van der Waals surface area contributed by atoms with Crippen LogP contribution in [0.3, 0.4) is 0 Å². The molecule has 1 atom stereocenters. The van der Waals surface area contributed by atoms with Crippen molar-refractivity contribution in [2.75, 3.05) is 13.2 Å². The quantitative estimate of drug-likeness (QED) is 0.0268. The first-order chi connectivity index (χ1) is 26.0. The molecular formula is C47H86O6. The van der Waals surface area contributed by atoms with Gasteiger partial charge in [-0.15, -0.1) is 0 Å². The Morgan fingerprint density at radius 1 is 0.377 bits per heavy atom. The van der Waals surface area contributed by atoms with Crippen LogP contribution in [-0.4, -0.2) is 37.2 Å². The summed E-state index contributed by atoms with van der Waals surface area (Å²) in [5, 5.41) is 0. The van der Waals surface area contributed by atoms with Gasteiger partial charge in [0.2, 0.25) is 0 Å². The summed E-state index contributed by atoms with van der Waals surface area (Å²) in [6.07, 6.45) is 45.8. The minimum Gasteiger partial charge on any atom is -0.462 e. The van der Waals surface area contributed by atoms with Crippen molar-refractivity contribution in [3.05, 3.63) is 24.3 Å². The Labute approximate surface area is 328 Å². The Kier molecular flexibility index (Phi) is 40.9. The lowest BCUT2D eigenvalue weighted by atomic mass is 10.1. The molecule has 0 N–H and O–H groups in total. The summed E-state index contributed by atoms with van der Waals surface area (Å²) in [5.41, 5.74) is 0. The van der Waals surface area contributed by atoms with E-state index < -0.39 is 6.10 Å². The van der Waals surface area contributed by atoms with Gasteiger partial charge in [0.1, 0.15) is 13.2 Å². The van der Waals surface area contributed by atoms with Crippen molar-refractivity contribution in [2.45, 2.75) is 245 Å². The fraction of sp³-hybridized carbons (Fsp3) is 0.851. The van der Waals surface area contributed by atoms with E-state index in [1.165, 1.54) is 122 Å². The monoisotopic (exact) mass is 747 g/mol. The summed E-state index contributed by atoms with van der Waals surface area (Å²) in [6, 6.07) is 0. The van der Waals surface area contributed by atoms with Gasteiger partial charge in [-0.05, 0) is 51.4 Å². The van der Waals surface area contributed by atoms with Crippen LogP contribution >= 0.6 is 0 Å². The van der Waals surface area contributed by atoms with E-state index in [4.69, 9.17) is 14.2 Å². The van der Waals surface area contributed by atoms with Crippen molar-refractivity contribution < 1.29 is 28.6 Å². The molecule has 0 rings (SSSR count). The maximum Gasteiger partial charge on any atom is 0.306 e. The van der Waals surface area contributed by atoms with E-state index in [2.05, 4.69) is 45.1 Å². The van der Waals surface area contributed by atoms with E-state index >= 15 is 0 Å². The van der Waals surface area contributed by atoms with Crippen LogP contribution in [-0.2, 0) is 28.6 Å².